The lowest BCUT2D eigenvalue weighted by Crippen LogP contribution is -2.13. The second-order valence-electron chi connectivity index (χ2n) is 4.73. The number of benzene rings is 2. The molecule has 2 rings (SSSR count). The zero-order valence-electron chi connectivity index (χ0n) is 11.3. The maximum Gasteiger partial charge on any atom is 0.416 e. The van der Waals surface area contributed by atoms with Crippen LogP contribution in [-0.4, -0.2) is 5.11 Å². The summed E-state index contributed by atoms with van der Waals surface area (Å²) in [5.41, 5.74) is -0.309. The van der Waals surface area contributed by atoms with Crippen molar-refractivity contribution < 1.29 is 22.7 Å². The molecule has 0 amide bonds. The fourth-order valence-electron chi connectivity index (χ4n) is 2.18. The smallest absolute Gasteiger partial charge is 0.384 e. The van der Waals surface area contributed by atoms with Gasteiger partial charge in [-0.2, -0.15) is 13.2 Å². The Kier molecular flexibility index (Phi) is 4.32. The van der Waals surface area contributed by atoms with Crippen LogP contribution in [0.25, 0.3) is 0 Å². The largest absolute Gasteiger partial charge is 0.416 e. The van der Waals surface area contributed by atoms with E-state index in [2.05, 4.69) is 0 Å². The minimum Gasteiger partial charge on any atom is -0.384 e. The van der Waals surface area contributed by atoms with Gasteiger partial charge in [0.05, 0.1) is 5.56 Å². The molecule has 1 N–H and O–H groups in total. The molecule has 2 aromatic rings. The Morgan fingerprint density at radius 2 is 1.81 bits per heavy atom. The van der Waals surface area contributed by atoms with E-state index in [0.717, 1.165) is 17.7 Å². The Bertz CT molecular complexity index is 634. The fraction of sp³-hybridized carbons (Fsp3) is 0.250. The summed E-state index contributed by atoms with van der Waals surface area (Å²) >= 11 is 0. The predicted octanol–water partition coefficient (Wildman–Crippen LogP) is 4.49. The van der Waals surface area contributed by atoms with E-state index in [0.29, 0.717) is 18.1 Å². The van der Waals surface area contributed by atoms with Crippen LogP contribution in [-0.2, 0) is 12.6 Å². The highest BCUT2D eigenvalue weighted by Crippen LogP contribution is 2.37. The van der Waals surface area contributed by atoms with Crippen LogP contribution in [0.15, 0.2) is 42.5 Å². The second-order valence-corrected chi connectivity index (χ2v) is 4.73. The van der Waals surface area contributed by atoms with E-state index in [1.165, 1.54) is 6.07 Å². The van der Waals surface area contributed by atoms with E-state index in [9.17, 15) is 22.7 Å². The third-order valence-electron chi connectivity index (χ3n) is 3.29. The summed E-state index contributed by atoms with van der Waals surface area (Å²) in [6, 6.07) is 8.73. The van der Waals surface area contributed by atoms with Crippen molar-refractivity contribution in [1.82, 2.24) is 0 Å². The highest BCUT2D eigenvalue weighted by molar-refractivity contribution is 5.39. The molecule has 0 aromatic heterocycles. The molecule has 0 aliphatic heterocycles. The van der Waals surface area contributed by atoms with Crippen molar-refractivity contribution in [3.05, 3.63) is 70.5 Å². The summed E-state index contributed by atoms with van der Waals surface area (Å²) in [6.07, 6.45) is -5.48. The van der Waals surface area contributed by atoms with Gasteiger partial charge in [0.25, 0.3) is 0 Å². The topological polar surface area (TPSA) is 20.2 Å². The number of hydrogen-bond donors (Lipinski definition) is 1. The van der Waals surface area contributed by atoms with Crippen LogP contribution in [0.1, 0.15) is 35.3 Å². The summed E-state index contributed by atoms with van der Waals surface area (Å²) in [5.74, 6) is -0.816. The van der Waals surface area contributed by atoms with E-state index < -0.39 is 29.2 Å². The van der Waals surface area contributed by atoms with Crippen molar-refractivity contribution in [3.63, 3.8) is 0 Å². The lowest BCUT2D eigenvalue weighted by molar-refractivity contribution is -0.139. The maximum atomic E-state index is 13.3. The maximum absolute atomic E-state index is 13.3. The third-order valence-corrected chi connectivity index (χ3v) is 3.29. The molecule has 0 saturated heterocycles. The van der Waals surface area contributed by atoms with Crippen molar-refractivity contribution in [2.75, 3.05) is 0 Å². The minimum atomic E-state index is -4.65. The highest BCUT2D eigenvalue weighted by Gasteiger charge is 2.35. The molecular formula is C16H14F4O. The Balaban J connectivity index is 2.51. The van der Waals surface area contributed by atoms with Crippen LogP contribution in [0.4, 0.5) is 17.6 Å². The molecule has 1 atom stereocenters. The van der Waals surface area contributed by atoms with Crippen LogP contribution in [0.5, 0.6) is 0 Å². The van der Waals surface area contributed by atoms with Crippen molar-refractivity contribution in [1.29, 1.82) is 0 Å². The van der Waals surface area contributed by atoms with Crippen LogP contribution < -0.4 is 0 Å². The molecule has 112 valence electrons. The van der Waals surface area contributed by atoms with Gasteiger partial charge < -0.3 is 5.11 Å². The average molecular weight is 298 g/mol. The molecule has 0 saturated carbocycles. The molecular weight excluding hydrogens is 284 g/mol. The molecule has 1 nitrogen and oxygen atoms in total. The number of aliphatic hydroxyl groups is 1. The van der Waals surface area contributed by atoms with Gasteiger partial charge in [0.15, 0.2) is 0 Å². The van der Waals surface area contributed by atoms with Crippen molar-refractivity contribution >= 4 is 0 Å². The average Bonchev–Trinajstić information content (AvgIpc) is 2.45. The Hall–Kier alpha value is -1.88. The number of hydrogen-bond acceptors (Lipinski definition) is 1. The molecule has 0 fully saturated rings. The van der Waals surface area contributed by atoms with Gasteiger partial charge in [-0.1, -0.05) is 31.2 Å². The Morgan fingerprint density at radius 1 is 1.10 bits per heavy atom. The zero-order valence-corrected chi connectivity index (χ0v) is 11.3. The monoisotopic (exact) mass is 298 g/mol. The number of rotatable bonds is 3. The van der Waals surface area contributed by atoms with Crippen LogP contribution in [0, 0.1) is 5.82 Å². The van der Waals surface area contributed by atoms with Gasteiger partial charge in [-0.25, -0.2) is 4.39 Å². The van der Waals surface area contributed by atoms with Gasteiger partial charge in [-0.15, -0.1) is 0 Å². The van der Waals surface area contributed by atoms with E-state index in [-0.39, 0.29) is 0 Å². The second kappa shape index (κ2) is 5.85. The molecule has 0 radical (unpaired) electrons. The number of aliphatic hydroxyl groups excluding tert-OH is 1. The summed E-state index contributed by atoms with van der Waals surface area (Å²) in [7, 11) is 0. The van der Waals surface area contributed by atoms with Gasteiger partial charge in [-0.3, -0.25) is 0 Å². The first-order valence-electron chi connectivity index (χ1n) is 6.46. The van der Waals surface area contributed by atoms with Gasteiger partial charge >= 0.3 is 6.18 Å². The van der Waals surface area contributed by atoms with Gasteiger partial charge in [0.2, 0.25) is 0 Å². The van der Waals surface area contributed by atoms with Crippen LogP contribution in [0.2, 0.25) is 0 Å². The first-order valence-corrected chi connectivity index (χ1v) is 6.46. The zero-order chi connectivity index (χ0) is 15.6. The molecule has 1 unspecified atom stereocenters. The van der Waals surface area contributed by atoms with Gasteiger partial charge in [0.1, 0.15) is 11.9 Å². The molecule has 2 aromatic carbocycles. The minimum absolute atomic E-state index is 0.311. The first kappa shape index (κ1) is 15.5. The van der Waals surface area contributed by atoms with Crippen molar-refractivity contribution in [2.45, 2.75) is 25.6 Å². The number of aryl methyl sites for hydroxylation is 1. The Labute approximate surface area is 119 Å². The lowest BCUT2D eigenvalue weighted by Gasteiger charge is -2.18. The summed E-state index contributed by atoms with van der Waals surface area (Å²) in [6.45, 7) is 1.90. The lowest BCUT2D eigenvalue weighted by atomic mass is 9.95. The summed E-state index contributed by atoms with van der Waals surface area (Å²) in [4.78, 5) is 0. The predicted molar refractivity (Wildman–Crippen MR) is 71.3 cm³/mol. The highest BCUT2D eigenvalue weighted by atomic mass is 19.4. The van der Waals surface area contributed by atoms with E-state index in [1.807, 2.05) is 13.0 Å². The van der Waals surface area contributed by atoms with Crippen LogP contribution >= 0.6 is 0 Å². The van der Waals surface area contributed by atoms with E-state index in [4.69, 9.17) is 0 Å². The molecule has 0 heterocycles. The standard InChI is InChI=1S/C16H14F4O/c1-2-10-4-3-5-11(8-10)15(21)13-9-12(17)6-7-14(13)16(18,19)20/h3-9,15,21H,2H2,1H3. The van der Waals surface area contributed by atoms with E-state index >= 15 is 0 Å². The third kappa shape index (κ3) is 3.42. The quantitative estimate of drug-likeness (QED) is 0.828. The van der Waals surface area contributed by atoms with Crippen molar-refractivity contribution in [2.24, 2.45) is 0 Å². The van der Waals surface area contributed by atoms with E-state index in [1.54, 1.807) is 12.1 Å². The molecule has 0 bridgehead atoms. The molecule has 0 aliphatic carbocycles. The molecule has 0 aliphatic rings. The van der Waals surface area contributed by atoms with Crippen molar-refractivity contribution in [3.8, 4) is 0 Å². The normalized spacial score (nSPS) is 13.2. The SMILES string of the molecule is CCc1cccc(C(O)c2cc(F)ccc2C(F)(F)F)c1. The molecule has 21 heavy (non-hydrogen) atoms. The number of halogens is 4. The van der Waals surface area contributed by atoms with Gasteiger partial charge in [-0.05, 0) is 35.7 Å². The van der Waals surface area contributed by atoms with Crippen LogP contribution in [0.3, 0.4) is 0 Å². The summed E-state index contributed by atoms with van der Waals surface area (Å²) in [5, 5.41) is 10.2. The Morgan fingerprint density at radius 3 is 2.43 bits per heavy atom. The first-order chi connectivity index (χ1) is 9.82. The summed E-state index contributed by atoms with van der Waals surface area (Å²) < 4.78 is 52.2. The fourth-order valence-corrected chi connectivity index (χ4v) is 2.18. The molecule has 5 heteroatoms. The number of alkyl halides is 3. The molecule has 0 spiro atoms. The van der Waals surface area contributed by atoms with Gasteiger partial charge in [0, 0.05) is 5.56 Å².